The largest absolute Gasteiger partial charge is 0.282 e. The fraction of sp³-hybridized carbons (Fsp3) is 0.300. The number of hydrogen-bond acceptors (Lipinski definition) is 5. The van der Waals surface area contributed by atoms with Gasteiger partial charge in [-0.1, -0.05) is 36.4 Å². The Morgan fingerprint density at radius 2 is 1.64 bits per heavy atom. The van der Waals surface area contributed by atoms with Crippen molar-refractivity contribution in [3.05, 3.63) is 65.0 Å². The van der Waals surface area contributed by atoms with Crippen LogP contribution in [0, 0.1) is 0 Å². The van der Waals surface area contributed by atoms with Crippen LogP contribution in [-0.2, 0) is 16.7 Å². The van der Waals surface area contributed by atoms with Crippen molar-refractivity contribution in [2.24, 2.45) is 0 Å². The Hall–Kier alpha value is -2.55. The number of fused-ring (bicyclic) bond motifs is 1. The highest BCUT2D eigenvalue weighted by Crippen LogP contribution is 2.22. The topological polar surface area (TPSA) is 75.5 Å². The molecular formula is C20H22N4O3S. The van der Waals surface area contributed by atoms with Crippen LogP contribution in [-0.4, -0.2) is 59.8 Å². The molecule has 2 heterocycles. The molecule has 2 aromatic carbocycles. The fourth-order valence-electron chi connectivity index (χ4n) is 3.44. The van der Waals surface area contributed by atoms with E-state index in [0.29, 0.717) is 32.8 Å². The Bertz CT molecular complexity index is 1170. The van der Waals surface area contributed by atoms with Gasteiger partial charge in [0.05, 0.1) is 18.6 Å². The van der Waals surface area contributed by atoms with Crippen LogP contribution in [0.3, 0.4) is 0 Å². The Kier molecular flexibility index (Phi) is 5.01. The second kappa shape index (κ2) is 7.46. The highest BCUT2D eigenvalue weighted by Gasteiger charge is 2.23. The molecule has 0 unspecified atom stereocenters. The summed E-state index contributed by atoms with van der Waals surface area (Å²) in [6.07, 6.45) is 1.22. The van der Waals surface area contributed by atoms with Crippen LogP contribution in [0.2, 0.25) is 0 Å². The summed E-state index contributed by atoms with van der Waals surface area (Å²) < 4.78 is 26.2. The summed E-state index contributed by atoms with van der Waals surface area (Å²) >= 11 is 0. The van der Waals surface area contributed by atoms with Crippen LogP contribution in [0.5, 0.6) is 0 Å². The van der Waals surface area contributed by atoms with Crippen molar-refractivity contribution >= 4 is 20.8 Å². The van der Waals surface area contributed by atoms with Gasteiger partial charge in [-0.05, 0) is 22.9 Å². The molecule has 4 rings (SSSR count). The molecule has 0 saturated carbocycles. The molecule has 1 saturated heterocycles. The van der Waals surface area contributed by atoms with Crippen LogP contribution < -0.4 is 5.56 Å². The molecule has 0 radical (unpaired) electrons. The van der Waals surface area contributed by atoms with Gasteiger partial charge in [0.15, 0.2) is 0 Å². The number of piperazine rings is 1. The highest BCUT2D eigenvalue weighted by atomic mass is 32.2. The minimum Gasteiger partial charge on any atom is -0.282 e. The third kappa shape index (κ3) is 3.99. The lowest BCUT2D eigenvalue weighted by Gasteiger charge is -2.33. The first kappa shape index (κ1) is 18.8. The quantitative estimate of drug-likeness (QED) is 0.667. The number of sulfonamides is 1. The molecular weight excluding hydrogens is 376 g/mol. The highest BCUT2D eigenvalue weighted by molar-refractivity contribution is 7.88. The lowest BCUT2D eigenvalue weighted by molar-refractivity contribution is 0.143. The van der Waals surface area contributed by atoms with Gasteiger partial charge in [0.2, 0.25) is 10.0 Å². The van der Waals surface area contributed by atoms with E-state index in [1.54, 1.807) is 6.07 Å². The van der Waals surface area contributed by atoms with Crippen molar-refractivity contribution in [3.63, 3.8) is 0 Å². The van der Waals surface area contributed by atoms with E-state index >= 15 is 0 Å². The van der Waals surface area contributed by atoms with Crippen molar-refractivity contribution in [2.45, 2.75) is 6.67 Å². The molecule has 1 fully saturated rings. The zero-order chi connectivity index (χ0) is 19.7. The lowest BCUT2D eigenvalue weighted by atomic mass is 10.1. The molecule has 1 aliphatic rings. The Balaban J connectivity index is 1.55. The number of nitrogens with zero attached hydrogens (tertiary/aromatic N) is 4. The molecule has 146 valence electrons. The first-order valence-corrected chi connectivity index (χ1v) is 11.0. The molecule has 0 amide bonds. The van der Waals surface area contributed by atoms with E-state index in [4.69, 9.17) is 0 Å². The maximum absolute atomic E-state index is 12.3. The second-order valence-corrected chi connectivity index (χ2v) is 9.02. The monoisotopic (exact) mass is 398 g/mol. The molecule has 0 atom stereocenters. The van der Waals surface area contributed by atoms with Crippen LogP contribution in [0.25, 0.3) is 22.0 Å². The van der Waals surface area contributed by atoms with E-state index in [1.165, 1.54) is 21.3 Å². The van der Waals surface area contributed by atoms with Gasteiger partial charge in [-0.25, -0.2) is 13.1 Å². The minimum absolute atomic E-state index is 0.171. The molecule has 0 spiro atoms. The van der Waals surface area contributed by atoms with Crippen molar-refractivity contribution in [3.8, 4) is 11.3 Å². The van der Waals surface area contributed by atoms with Crippen molar-refractivity contribution in [1.29, 1.82) is 0 Å². The Morgan fingerprint density at radius 1 is 0.929 bits per heavy atom. The summed E-state index contributed by atoms with van der Waals surface area (Å²) in [6, 6.07) is 17.5. The second-order valence-electron chi connectivity index (χ2n) is 7.04. The van der Waals surface area contributed by atoms with E-state index in [1.807, 2.05) is 29.2 Å². The van der Waals surface area contributed by atoms with Gasteiger partial charge < -0.3 is 0 Å². The van der Waals surface area contributed by atoms with Crippen LogP contribution >= 0.6 is 0 Å². The van der Waals surface area contributed by atoms with Crippen LogP contribution in [0.1, 0.15) is 0 Å². The van der Waals surface area contributed by atoms with Crippen molar-refractivity contribution in [1.82, 2.24) is 19.0 Å². The molecule has 1 aliphatic heterocycles. The van der Waals surface area contributed by atoms with Crippen LogP contribution in [0.15, 0.2) is 59.4 Å². The predicted octanol–water partition coefficient (Wildman–Crippen LogP) is 1.60. The van der Waals surface area contributed by atoms with Gasteiger partial charge in [0.1, 0.15) is 0 Å². The first-order chi connectivity index (χ1) is 13.4. The average Bonchev–Trinajstić information content (AvgIpc) is 2.69. The SMILES string of the molecule is CS(=O)(=O)N1CCN(Cn2nc(-c3ccc4ccccc4c3)ccc2=O)CC1. The fourth-order valence-corrected chi connectivity index (χ4v) is 4.27. The Morgan fingerprint density at radius 3 is 2.36 bits per heavy atom. The molecule has 0 aliphatic carbocycles. The van der Waals surface area contributed by atoms with Gasteiger partial charge in [-0.15, -0.1) is 0 Å². The summed E-state index contributed by atoms with van der Waals surface area (Å²) in [6.45, 7) is 2.34. The summed E-state index contributed by atoms with van der Waals surface area (Å²) in [5, 5.41) is 6.82. The molecule has 0 bridgehead atoms. The molecule has 28 heavy (non-hydrogen) atoms. The van der Waals surface area contributed by atoms with E-state index in [9.17, 15) is 13.2 Å². The molecule has 3 aromatic rings. The summed E-state index contributed by atoms with van der Waals surface area (Å²) in [4.78, 5) is 14.3. The van der Waals surface area contributed by atoms with Gasteiger partial charge in [-0.3, -0.25) is 9.69 Å². The molecule has 8 heteroatoms. The van der Waals surface area contributed by atoms with E-state index in [-0.39, 0.29) is 5.56 Å². The van der Waals surface area contributed by atoms with Gasteiger partial charge >= 0.3 is 0 Å². The van der Waals surface area contributed by atoms with Gasteiger partial charge in [0, 0.05) is 37.8 Å². The molecule has 7 nitrogen and oxygen atoms in total. The summed E-state index contributed by atoms with van der Waals surface area (Å²) in [5.41, 5.74) is 1.52. The minimum atomic E-state index is -3.17. The maximum Gasteiger partial charge on any atom is 0.268 e. The number of rotatable bonds is 4. The van der Waals surface area contributed by atoms with Crippen molar-refractivity contribution < 1.29 is 8.42 Å². The number of benzene rings is 2. The van der Waals surface area contributed by atoms with E-state index < -0.39 is 10.0 Å². The van der Waals surface area contributed by atoms with Gasteiger partial charge in [-0.2, -0.15) is 9.40 Å². The summed E-state index contributed by atoms with van der Waals surface area (Å²) in [7, 11) is -3.17. The van der Waals surface area contributed by atoms with E-state index in [0.717, 1.165) is 22.0 Å². The number of hydrogen-bond donors (Lipinski definition) is 0. The first-order valence-electron chi connectivity index (χ1n) is 9.15. The molecule has 0 N–H and O–H groups in total. The summed E-state index contributed by atoms with van der Waals surface area (Å²) in [5.74, 6) is 0. The third-order valence-corrected chi connectivity index (χ3v) is 6.35. The Labute approximate surface area is 163 Å². The van der Waals surface area contributed by atoms with Gasteiger partial charge in [0.25, 0.3) is 5.56 Å². The zero-order valence-corrected chi connectivity index (χ0v) is 16.5. The van der Waals surface area contributed by atoms with Crippen LogP contribution in [0.4, 0.5) is 0 Å². The predicted molar refractivity (Wildman–Crippen MR) is 109 cm³/mol. The number of aromatic nitrogens is 2. The van der Waals surface area contributed by atoms with E-state index in [2.05, 4.69) is 23.3 Å². The third-order valence-electron chi connectivity index (χ3n) is 5.05. The average molecular weight is 398 g/mol. The smallest absolute Gasteiger partial charge is 0.268 e. The van der Waals surface area contributed by atoms with Crippen molar-refractivity contribution in [2.75, 3.05) is 32.4 Å². The lowest BCUT2D eigenvalue weighted by Crippen LogP contribution is -2.49. The molecule has 1 aromatic heterocycles. The maximum atomic E-state index is 12.3. The normalized spacial score (nSPS) is 16.5. The standard InChI is InChI=1S/C20H22N4O3S/c1-28(26,27)23-12-10-22(11-13-23)15-24-20(25)9-8-19(21-24)18-7-6-16-4-2-3-5-17(16)14-18/h2-9,14H,10-13,15H2,1H3. The zero-order valence-electron chi connectivity index (χ0n) is 15.7.